The number of alkyl halides is 9. The molecule has 0 aliphatic carbocycles. The number of likely N-dealkylation sites (N-methyl/N-ethyl adjacent to an activating group) is 1. The van der Waals surface area contributed by atoms with E-state index in [0.29, 0.717) is 23.7 Å². The lowest BCUT2D eigenvalue weighted by molar-refractivity contribution is -0.914. The van der Waals surface area contributed by atoms with E-state index in [2.05, 4.69) is 52.6 Å². The maximum atomic E-state index is 15.0. The summed E-state index contributed by atoms with van der Waals surface area (Å²) in [5.74, 6) is -8.65. The summed E-state index contributed by atoms with van der Waals surface area (Å²) in [7, 11) is 4.11. The summed E-state index contributed by atoms with van der Waals surface area (Å²) in [4.78, 5) is 44.7. The van der Waals surface area contributed by atoms with Crippen molar-refractivity contribution in [2.45, 2.75) is 57.5 Å². The number of nitrogens with one attached hydrogen (secondary N) is 2. The molecule has 0 unspecified atom stereocenters. The number of carbonyl (C=O) groups is 4. The van der Waals surface area contributed by atoms with Gasteiger partial charge in [-0.15, -0.1) is 0 Å². The van der Waals surface area contributed by atoms with E-state index < -0.39 is 36.4 Å². The number of quaternary nitrogens is 1. The molecule has 2 aliphatic rings. The van der Waals surface area contributed by atoms with Crippen molar-refractivity contribution in [2.75, 3.05) is 73.1 Å². The SMILES string of the molecule is COCCC[N+]1(C)CCN(Cc2cccc(C(=O)NCc3ccc(F)c(-c4cccc(CN5CCN[C@@H](C)C5)c4)c3)c2)CC1.O=C(O)C(F)(F)F.O=C(O)C(F)(F)F.O=C(O)C(F)(F)F. The van der Waals surface area contributed by atoms with E-state index in [1.165, 1.54) is 11.6 Å². The van der Waals surface area contributed by atoms with Crippen molar-refractivity contribution in [2.24, 2.45) is 0 Å². The standard InChI is InChI=1S/C36H48FN5O2.3C2HF3O2/c1-28-25-41(14-13-38-28)27-30-7-4-9-32(21-30)34-23-29(11-12-35(34)37)24-39-36(43)33-10-5-8-31(22-33)26-40-15-18-42(2,19-16-40)17-6-20-44-3;3*3-2(4,5)1(6)7/h4-5,7-12,21-23,28,38H,6,13-20,24-27H2,1-3H3;3*(H,6,7)/p+1/t28-;;;/m0.../s1. The van der Waals surface area contributed by atoms with Gasteiger partial charge in [0.15, 0.2) is 0 Å². The predicted octanol–water partition coefficient (Wildman–Crippen LogP) is 6.42. The number of benzene rings is 3. The molecule has 1 atom stereocenters. The van der Waals surface area contributed by atoms with Gasteiger partial charge < -0.3 is 35.2 Å². The first kappa shape index (κ1) is 55.8. The molecule has 2 saturated heterocycles. The van der Waals surface area contributed by atoms with Crippen LogP contribution in [0.3, 0.4) is 0 Å². The third-order valence-corrected chi connectivity index (χ3v) is 9.86. The van der Waals surface area contributed by atoms with Crippen LogP contribution in [-0.4, -0.2) is 151 Å². The summed E-state index contributed by atoms with van der Waals surface area (Å²) in [6.45, 7) is 13.5. The Balaban J connectivity index is 0.000000571. The van der Waals surface area contributed by atoms with Crippen molar-refractivity contribution < 1.29 is 87.6 Å². The van der Waals surface area contributed by atoms with Gasteiger partial charge in [0.1, 0.15) is 5.82 Å². The van der Waals surface area contributed by atoms with Gasteiger partial charge in [-0.3, -0.25) is 14.6 Å². The predicted molar refractivity (Wildman–Crippen MR) is 216 cm³/mol. The third-order valence-electron chi connectivity index (χ3n) is 9.86. The van der Waals surface area contributed by atoms with Crippen LogP contribution in [0.2, 0.25) is 0 Å². The lowest BCUT2D eigenvalue weighted by atomic mass is 10.00. The van der Waals surface area contributed by atoms with Gasteiger partial charge in [0, 0.05) is 83.1 Å². The summed E-state index contributed by atoms with van der Waals surface area (Å²) >= 11 is 0. The topological polar surface area (TPSA) is 169 Å². The number of carboxylic acids is 3. The second kappa shape index (κ2) is 25.4. The van der Waals surface area contributed by atoms with E-state index in [4.69, 9.17) is 34.4 Å². The van der Waals surface area contributed by atoms with Crippen LogP contribution in [0.5, 0.6) is 0 Å². The fourth-order valence-electron chi connectivity index (χ4n) is 6.47. The summed E-state index contributed by atoms with van der Waals surface area (Å²) in [6, 6.07) is 21.7. The number of ether oxygens (including phenoxy) is 1. The van der Waals surface area contributed by atoms with Crippen molar-refractivity contribution in [3.05, 3.63) is 94.8 Å². The Bertz CT molecular complexity index is 1950. The van der Waals surface area contributed by atoms with Gasteiger partial charge in [0.05, 0.1) is 33.3 Å². The maximum absolute atomic E-state index is 15.0. The minimum Gasteiger partial charge on any atom is -0.475 e. The van der Waals surface area contributed by atoms with Crippen LogP contribution in [0.25, 0.3) is 11.1 Å². The molecule has 5 rings (SSSR count). The fraction of sp³-hybridized carbons (Fsp3) is 0.476. The second-order valence-corrected chi connectivity index (χ2v) is 15.3. The molecule has 0 radical (unpaired) electrons. The molecule has 1 amide bonds. The summed E-state index contributed by atoms with van der Waals surface area (Å²) in [5.41, 5.74) is 5.26. The van der Waals surface area contributed by atoms with Crippen molar-refractivity contribution in [1.82, 2.24) is 20.4 Å². The smallest absolute Gasteiger partial charge is 0.475 e. The first-order chi connectivity index (χ1) is 30.1. The normalized spacial score (nSPS) is 16.6. The number of aliphatic carboxylic acids is 3. The number of carbonyl (C=O) groups excluding carboxylic acids is 1. The van der Waals surface area contributed by atoms with E-state index in [-0.39, 0.29) is 11.7 Å². The first-order valence-electron chi connectivity index (χ1n) is 19.8. The molecule has 2 aliphatic heterocycles. The van der Waals surface area contributed by atoms with Gasteiger partial charge >= 0.3 is 36.4 Å². The molecule has 0 bridgehead atoms. The Labute approximate surface area is 368 Å². The molecule has 3 aromatic rings. The van der Waals surface area contributed by atoms with Crippen molar-refractivity contribution >= 4 is 23.8 Å². The largest absolute Gasteiger partial charge is 0.490 e. The van der Waals surface area contributed by atoms with E-state index in [9.17, 15) is 48.7 Å². The van der Waals surface area contributed by atoms with Gasteiger partial charge in [0.25, 0.3) is 5.91 Å². The molecular formula is C42H52F10N5O8+. The number of nitrogens with zero attached hydrogens (tertiary/aromatic N) is 3. The van der Waals surface area contributed by atoms with Crippen molar-refractivity contribution in [3.63, 3.8) is 0 Å². The molecule has 0 saturated carbocycles. The average Bonchev–Trinajstić information content (AvgIpc) is 3.21. The third kappa shape index (κ3) is 21.0. The lowest BCUT2D eigenvalue weighted by Crippen LogP contribution is -2.57. The lowest BCUT2D eigenvalue weighted by Gasteiger charge is -2.42. The molecule has 13 nitrogen and oxygen atoms in total. The van der Waals surface area contributed by atoms with E-state index in [1.807, 2.05) is 36.4 Å². The Morgan fingerprint density at radius 1 is 0.754 bits per heavy atom. The highest BCUT2D eigenvalue weighted by atomic mass is 19.4. The first-order valence-corrected chi connectivity index (χ1v) is 19.8. The fourth-order valence-corrected chi connectivity index (χ4v) is 6.47. The quantitative estimate of drug-likeness (QED) is 0.0773. The van der Waals surface area contributed by atoms with E-state index in [0.717, 1.165) is 99.6 Å². The van der Waals surface area contributed by atoms with Crippen LogP contribution in [0, 0.1) is 5.82 Å². The number of hydrogen-bond donors (Lipinski definition) is 5. The van der Waals surface area contributed by atoms with Gasteiger partial charge in [-0.05, 0) is 59.5 Å². The molecular weight excluding hydrogens is 892 g/mol. The zero-order valence-electron chi connectivity index (χ0n) is 35.6. The molecule has 2 heterocycles. The Hall–Kier alpha value is -5.36. The van der Waals surface area contributed by atoms with Gasteiger partial charge in [-0.25, -0.2) is 18.8 Å². The van der Waals surface area contributed by atoms with Crippen LogP contribution in [0.1, 0.15) is 40.4 Å². The minimum absolute atomic E-state index is 0.119. The van der Waals surface area contributed by atoms with Crippen LogP contribution < -0.4 is 10.6 Å². The minimum atomic E-state index is -5.08. The number of halogens is 10. The summed E-state index contributed by atoms with van der Waals surface area (Å²) < 4.78 is 117. The number of rotatable bonds is 12. The highest BCUT2D eigenvalue weighted by Crippen LogP contribution is 2.26. The summed E-state index contributed by atoms with van der Waals surface area (Å²) in [6.07, 6.45) is -14.2. The molecule has 0 spiro atoms. The van der Waals surface area contributed by atoms with E-state index in [1.54, 1.807) is 13.2 Å². The van der Waals surface area contributed by atoms with E-state index >= 15 is 0 Å². The molecule has 3 aromatic carbocycles. The highest BCUT2D eigenvalue weighted by Gasteiger charge is 2.39. The average molecular weight is 945 g/mol. The van der Waals surface area contributed by atoms with Crippen LogP contribution in [0.15, 0.2) is 66.7 Å². The number of piperazine rings is 2. The van der Waals surface area contributed by atoms with Gasteiger partial charge in [0.2, 0.25) is 0 Å². The highest BCUT2D eigenvalue weighted by molar-refractivity contribution is 5.94. The molecule has 362 valence electrons. The number of carboxylic acid groups (broad SMARTS) is 3. The van der Waals surface area contributed by atoms with Crippen molar-refractivity contribution in [3.8, 4) is 11.1 Å². The molecule has 5 N–H and O–H groups in total. The maximum Gasteiger partial charge on any atom is 0.490 e. The number of amides is 1. The molecule has 2 fully saturated rings. The Kier molecular flexibility index (Phi) is 21.8. The van der Waals surface area contributed by atoms with Crippen LogP contribution >= 0.6 is 0 Å². The second-order valence-electron chi connectivity index (χ2n) is 15.3. The molecule has 23 heteroatoms. The number of hydrogen-bond acceptors (Lipinski definition) is 8. The van der Waals surface area contributed by atoms with Gasteiger partial charge in [-0.1, -0.05) is 36.4 Å². The molecule has 0 aromatic heterocycles. The number of methoxy groups -OCH3 is 1. The zero-order valence-corrected chi connectivity index (χ0v) is 35.6. The van der Waals surface area contributed by atoms with Crippen LogP contribution in [0.4, 0.5) is 43.9 Å². The Morgan fingerprint density at radius 2 is 1.28 bits per heavy atom. The monoisotopic (exact) mass is 944 g/mol. The van der Waals surface area contributed by atoms with Gasteiger partial charge in [-0.2, -0.15) is 39.5 Å². The Morgan fingerprint density at radius 3 is 1.80 bits per heavy atom. The van der Waals surface area contributed by atoms with Crippen molar-refractivity contribution in [1.29, 1.82) is 0 Å². The summed E-state index contributed by atoms with van der Waals surface area (Å²) in [5, 5.41) is 27.9. The van der Waals surface area contributed by atoms with Crippen LogP contribution in [-0.2, 0) is 38.8 Å². The zero-order chi connectivity index (χ0) is 49.2. The molecule has 65 heavy (non-hydrogen) atoms.